The van der Waals surface area contributed by atoms with Crippen LogP contribution in [0.3, 0.4) is 0 Å². The summed E-state index contributed by atoms with van der Waals surface area (Å²) in [5.74, 6) is 0.488. The quantitative estimate of drug-likeness (QED) is 0.412. The summed E-state index contributed by atoms with van der Waals surface area (Å²) in [4.78, 5) is 42.4. The average Bonchev–Trinajstić information content (AvgIpc) is 3.39. The van der Waals surface area contributed by atoms with E-state index in [4.69, 9.17) is 4.42 Å². The molecule has 12 heteroatoms. The first kappa shape index (κ1) is 21.3. The third-order valence-corrected chi connectivity index (χ3v) is 5.41. The fourth-order valence-corrected chi connectivity index (χ4v) is 3.79. The number of β-amino-alcohol motifs (C(OH)–C–C–N with tert-alkyl or cyclic N) is 1. The fraction of sp³-hybridized carbons (Fsp3) is 0.350. The van der Waals surface area contributed by atoms with Crippen molar-refractivity contribution >= 4 is 23.6 Å². The van der Waals surface area contributed by atoms with Gasteiger partial charge in [-0.25, -0.2) is 9.79 Å². The van der Waals surface area contributed by atoms with Gasteiger partial charge < -0.3 is 24.6 Å². The van der Waals surface area contributed by atoms with E-state index in [0.29, 0.717) is 17.3 Å². The molecule has 0 radical (unpaired) electrons. The zero-order valence-electron chi connectivity index (χ0n) is 17.2. The number of nitrogens with one attached hydrogen (secondary N) is 2. The van der Waals surface area contributed by atoms with Crippen molar-refractivity contribution < 1.29 is 24.0 Å². The lowest BCUT2D eigenvalue weighted by atomic mass is 10.1. The number of guanidine groups is 1. The third kappa shape index (κ3) is 4.25. The van der Waals surface area contributed by atoms with Crippen LogP contribution >= 0.6 is 0 Å². The Balaban J connectivity index is 1.53. The number of hydrogen-bond acceptors (Lipinski definition) is 7. The van der Waals surface area contributed by atoms with Crippen molar-refractivity contribution in [2.45, 2.75) is 31.3 Å². The lowest BCUT2D eigenvalue weighted by molar-refractivity contribution is -0.384. The summed E-state index contributed by atoms with van der Waals surface area (Å²) in [5.41, 5.74) is 0.676. The van der Waals surface area contributed by atoms with Crippen LogP contribution in [-0.2, 0) is 17.8 Å². The van der Waals surface area contributed by atoms with Crippen LogP contribution in [0.2, 0.25) is 0 Å². The number of aliphatic hydroxyl groups excluding tert-OH is 1. The second-order valence-electron chi connectivity index (χ2n) is 7.59. The Bertz CT molecular complexity index is 1040. The maximum absolute atomic E-state index is 12.6. The largest absolute Gasteiger partial charge is 0.467 e. The molecule has 2 fully saturated rings. The van der Waals surface area contributed by atoms with Gasteiger partial charge in [-0.2, -0.15) is 0 Å². The van der Waals surface area contributed by atoms with Crippen LogP contribution in [0.15, 0.2) is 52.1 Å². The minimum absolute atomic E-state index is 0.0336. The van der Waals surface area contributed by atoms with Crippen molar-refractivity contribution in [1.82, 2.24) is 20.4 Å². The van der Waals surface area contributed by atoms with Crippen molar-refractivity contribution in [3.05, 3.63) is 64.1 Å². The maximum Gasteiger partial charge on any atom is 0.325 e. The molecule has 1 aromatic heterocycles. The highest BCUT2D eigenvalue weighted by Gasteiger charge is 2.50. The molecule has 2 aliphatic heterocycles. The number of amides is 3. The molecule has 0 bridgehead atoms. The number of non-ortho nitro benzene ring substituents is 1. The summed E-state index contributed by atoms with van der Waals surface area (Å²) in [6.07, 6.45) is 0.205. The summed E-state index contributed by atoms with van der Waals surface area (Å²) in [6, 6.07) is 8.12. The first-order chi connectivity index (χ1) is 15.3. The SMILES string of the molecule is CN1C(=O)NC(=O)C2C1NC(=NCc1ccco1)N2CC(O)Cc1ccc([N+](=O)[O-])cc1. The molecule has 3 atom stereocenters. The molecule has 2 aromatic rings. The van der Waals surface area contributed by atoms with Crippen LogP contribution in [0.5, 0.6) is 0 Å². The van der Waals surface area contributed by atoms with Crippen molar-refractivity contribution in [3.8, 4) is 0 Å². The molecule has 168 valence electrons. The Kier molecular flexibility index (Phi) is 5.77. The van der Waals surface area contributed by atoms with E-state index in [2.05, 4.69) is 15.6 Å². The number of fused-ring (bicyclic) bond motifs is 1. The molecular formula is C20H22N6O6. The predicted molar refractivity (Wildman–Crippen MR) is 111 cm³/mol. The summed E-state index contributed by atoms with van der Waals surface area (Å²) < 4.78 is 5.30. The van der Waals surface area contributed by atoms with Crippen LogP contribution in [-0.4, -0.2) is 69.6 Å². The zero-order valence-corrected chi connectivity index (χ0v) is 17.2. The van der Waals surface area contributed by atoms with Crippen LogP contribution in [0.4, 0.5) is 10.5 Å². The summed E-state index contributed by atoms with van der Waals surface area (Å²) >= 11 is 0. The number of carbonyl (C=O) groups is 2. The molecule has 4 rings (SSSR count). The van der Waals surface area contributed by atoms with E-state index in [1.165, 1.54) is 23.3 Å². The zero-order chi connectivity index (χ0) is 22.8. The van der Waals surface area contributed by atoms with Gasteiger partial charge in [0.05, 0.1) is 17.3 Å². The Labute approximate surface area is 182 Å². The van der Waals surface area contributed by atoms with Gasteiger partial charge in [0.25, 0.3) is 11.6 Å². The lowest BCUT2D eigenvalue weighted by Crippen LogP contribution is -2.65. The highest BCUT2D eigenvalue weighted by Crippen LogP contribution is 2.22. The Morgan fingerprint density at radius 3 is 2.69 bits per heavy atom. The Hall–Kier alpha value is -3.93. The molecular weight excluding hydrogens is 420 g/mol. The van der Waals surface area contributed by atoms with Gasteiger partial charge in [0, 0.05) is 32.1 Å². The maximum atomic E-state index is 12.6. The van der Waals surface area contributed by atoms with Gasteiger partial charge >= 0.3 is 6.03 Å². The van der Waals surface area contributed by atoms with Gasteiger partial charge in [0.1, 0.15) is 18.5 Å². The molecule has 2 aliphatic rings. The normalized spacial score (nSPS) is 22.5. The molecule has 0 saturated carbocycles. The highest BCUT2D eigenvalue weighted by atomic mass is 16.6. The van der Waals surface area contributed by atoms with E-state index in [1.807, 2.05) is 0 Å². The van der Waals surface area contributed by atoms with Crippen LogP contribution in [0, 0.1) is 10.1 Å². The van der Waals surface area contributed by atoms with Gasteiger partial charge in [0.2, 0.25) is 0 Å². The monoisotopic (exact) mass is 442 g/mol. The van der Waals surface area contributed by atoms with E-state index >= 15 is 0 Å². The van der Waals surface area contributed by atoms with Crippen molar-refractivity contribution in [1.29, 1.82) is 0 Å². The molecule has 0 spiro atoms. The van der Waals surface area contributed by atoms with E-state index in [1.54, 1.807) is 36.2 Å². The predicted octanol–water partition coefficient (Wildman–Crippen LogP) is 0.429. The third-order valence-electron chi connectivity index (χ3n) is 5.41. The molecule has 3 N–H and O–H groups in total. The van der Waals surface area contributed by atoms with Crippen molar-refractivity contribution in [3.63, 3.8) is 0 Å². The topological polar surface area (TPSA) is 154 Å². The van der Waals surface area contributed by atoms with Gasteiger partial charge in [-0.15, -0.1) is 0 Å². The average molecular weight is 442 g/mol. The van der Waals surface area contributed by atoms with E-state index in [-0.39, 0.29) is 25.2 Å². The smallest absolute Gasteiger partial charge is 0.325 e. The molecule has 3 unspecified atom stereocenters. The molecule has 3 heterocycles. The number of urea groups is 1. The number of rotatable bonds is 7. The number of nitro benzene ring substituents is 1. The summed E-state index contributed by atoms with van der Waals surface area (Å²) in [5, 5.41) is 26.9. The fourth-order valence-electron chi connectivity index (χ4n) is 3.79. The molecule has 1 aromatic carbocycles. The number of benzene rings is 1. The number of aliphatic imine (C=N–C) groups is 1. The van der Waals surface area contributed by atoms with Crippen molar-refractivity contribution in [2.24, 2.45) is 4.99 Å². The molecule has 2 saturated heterocycles. The highest BCUT2D eigenvalue weighted by molar-refractivity contribution is 6.04. The molecule has 12 nitrogen and oxygen atoms in total. The number of likely N-dealkylation sites (N-methyl/N-ethyl adjacent to an activating group) is 1. The lowest BCUT2D eigenvalue weighted by Gasteiger charge is -2.35. The van der Waals surface area contributed by atoms with Gasteiger partial charge in [-0.05, 0) is 17.7 Å². The second kappa shape index (κ2) is 8.67. The van der Waals surface area contributed by atoms with Crippen LogP contribution < -0.4 is 10.6 Å². The van der Waals surface area contributed by atoms with E-state index < -0.39 is 35.2 Å². The second-order valence-corrected chi connectivity index (χ2v) is 7.59. The molecule has 0 aliphatic carbocycles. The van der Waals surface area contributed by atoms with Crippen LogP contribution in [0.25, 0.3) is 0 Å². The molecule has 3 amide bonds. The molecule has 32 heavy (non-hydrogen) atoms. The minimum Gasteiger partial charge on any atom is -0.467 e. The number of furan rings is 1. The van der Waals surface area contributed by atoms with E-state index in [0.717, 1.165) is 0 Å². The van der Waals surface area contributed by atoms with Crippen molar-refractivity contribution in [2.75, 3.05) is 13.6 Å². The number of hydrogen-bond donors (Lipinski definition) is 3. The number of carbonyl (C=O) groups excluding carboxylic acids is 2. The first-order valence-corrected chi connectivity index (χ1v) is 9.92. The Morgan fingerprint density at radius 2 is 2.03 bits per heavy atom. The van der Waals surface area contributed by atoms with Crippen LogP contribution in [0.1, 0.15) is 11.3 Å². The van der Waals surface area contributed by atoms with Gasteiger partial charge in [-0.1, -0.05) is 12.1 Å². The number of nitrogens with zero attached hydrogens (tertiary/aromatic N) is 4. The standard InChI is InChI=1S/C20H22N6O6/c1-24-17-16(18(28)23-20(24)29)25(19(22-17)21-10-15-3-2-8-32-15)11-14(27)9-12-4-6-13(7-5-12)26(30)31/h2-8,14,16-17,27H,9-11H2,1H3,(H,21,22)(H,23,28,29). The summed E-state index contributed by atoms with van der Waals surface area (Å²) in [6.45, 7) is 0.264. The first-order valence-electron chi connectivity index (χ1n) is 9.92. The minimum atomic E-state index is -0.901. The van der Waals surface area contributed by atoms with Gasteiger partial charge in [0.15, 0.2) is 12.0 Å². The van der Waals surface area contributed by atoms with Gasteiger partial charge in [-0.3, -0.25) is 20.2 Å². The van der Waals surface area contributed by atoms with E-state index in [9.17, 15) is 24.8 Å². The number of aliphatic hydroxyl groups is 1. The summed E-state index contributed by atoms with van der Waals surface area (Å²) in [7, 11) is 1.56. The number of imide groups is 1. The number of nitro groups is 1. The Morgan fingerprint density at radius 1 is 1.28 bits per heavy atom.